The maximum atomic E-state index is 12.8. The fraction of sp³-hybridized carbons (Fsp3) is 0.940. The van der Waals surface area contributed by atoms with E-state index in [4.69, 9.17) is 18.9 Å². The zero-order valence-electron chi connectivity index (χ0n) is 39.7. The molecule has 9 nitrogen and oxygen atoms in total. The highest BCUT2D eigenvalue weighted by molar-refractivity contribution is 5.71. The number of nitrogens with zero attached hydrogens (tertiary/aromatic N) is 1. The summed E-state index contributed by atoms with van der Waals surface area (Å²) in [4.78, 5) is 37.2. The van der Waals surface area contributed by atoms with Gasteiger partial charge < -0.3 is 28.5 Å². The molecule has 0 amide bonds. The van der Waals surface area contributed by atoms with Crippen LogP contribution in [0.25, 0.3) is 0 Å². The molecule has 0 spiro atoms. The van der Waals surface area contributed by atoms with Crippen LogP contribution in [-0.4, -0.2) is 87.4 Å². The minimum Gasteiger partial charge on any atom is -0.477 e. The van der Waals surface area contributed by atoms with Crippen molar-refractivity contribution in [1.82, 2.24) is 0 Å². The van der Waals surface area contributed by atoms with Gasteiger partial charge in [0.25, 0.3) is 6.29 Å². The van der Waals surface area contributed by atoms with Crippen molar-refractivity contribution in [3.63, 3.8) is 0 Å². The van der Waals surface area contributed by atoms with Gasteiger partial charge in [0, 0.05) is 12.8 Å². The fourth-order valence-corrected chi connectivity index (χ4v) is 7.43. The summed E-state index contributed by atoms with van der Waals surface area (Å²) >= 11 is 0. The van der Waals surface area contributed by atoms with E-state index in [2.05, 4.69) is 13.8 Å². The van der Waals surface area contributed by atoms with Crippen molar-refractivity contribution >= 4 is 17.9 Å². The number of esters is 2. The van der Waals surface area contributed by atoms with Gasteiger partial charge in [-0.05, 0) is 12.8 Å². The standard InChI is InChI=1S/C50H97NO8/c1-6-8-10-12-14-16-18-20-22-24-25-27-29-31-33-35-37-39-41-48(53)59-46(45-58-50(49(54)55)56-43-42-51(3,4)5)44-57-47(52)40-38-36-34-32-30-28-26-23-21-19-17-15-13-11-9-7-2/h46,50H,6-45H2,1-5H3/p+1. The van der Waals surface area contributed by atoms with Crippen LogP contribution in [0.3, 0.4) is 0 Å². The SMILES string of the molecule is CCCCCCCCCCCCCCCCCCCCC(=O)OC(COC(=O)CCCCCCCCCCCCCCCCCC)COC(OCC[N+](C)(C)C)C(=O)O. The van der Waals surface area contributed by atoms with E-state index < -0.39 is 18.4 Å². The number of hydrogen-bond donors (Lipinski definition) is 1. The predicted octanol–water partition coefficient (Wildman–Crippen LogP) is 13.7. The van der Waals surface area contributed by atoms with Gasteiger partial charge in [0.15, 0.2) is 6.10 Å². The lowest BCUT2D eigenvalue weighted by molar-refractivity contribution is -0.870. The molecular formula is C50H98NO8+. The number of aliphatic carboxylic acids is 1. The molecule has 0 aromatic rings. The van der Waals surface area contributed by atoms with Crippen molar-refractivity contribution in [2.45, 2.75) is 257 Å². The van der Waals surface area contributed by atoms with Crippen LogP contribution in [0.15, 0.2) is 0 Å². The number of carboxylic acid groups (broad SMARTS) is 1. The predicted molar refractivity (Wildman–Crippen MR) is 245 cm³/mol. The number of unbranched alkanes of at least 4 members (excludes halogenated alkanes) is 32. The third-order valence-corrected chi connectivity index (χ3v) is 11.4. The van der Waals surface area contributed by atoms with E-state index in [0.29, 0.717) is 17.4 Å². The second kappa shape index (κ2) is 43.0. The highest BCUT2D eigenvalue weighted by atomic mass is 16.7. The zero-order valence-corrected chi connectivity index (χ0v) is 39.7. The molecule has 59 heavy (non-hydrogen) atoms. The Morgan fingerprint density at radius 2 is 0.763 bits per heavy atom. The van der Waals surface area contributed by atoms with Gasteiger partial charge in [-0.2, -0.15) is 0 Å². The molecule has 0 rings (SSSR count). The summed E-state index contributed by atoms with van der Waals surface area (Å²) in [5.41, 5.74) is 0. The minimum atomic E-state index is -1.50. The first-order valence-electron chi connectivity index (χ1n) is 25.2. The van der Waals surface area contributed by atoms with Gasteiger partial charge in [-0.25, -0.2) is 4.79 Å². The van der Waals surface area contributed by atoms with Gasteiger partial charge in [0.05, 0.1) is 34.4 Å². The van der Waals surface area contributed by atoms with Crippen LogP contribution >= 0.6 is 0 Å². The lowest BCUT2D eigenvalue weighted by Crippen LogP contribution is -2.40. The molecule has 1 N–H and O–H groups in total. The first-order valence-corrected chi connectivity index (χ1v) is 25.2. The van der Waals surface area contributed by atoms with Crippen molar-refractivity contribution in [1.29, 1.82) is 0 Å². The van der Waals surface area contributed by atoms with Gasteiger partial charge in [0.1, 0.15) is 13.2 Å². The van der Waals surface area contributed by atoms with Crippen LogP contribution in [0, 0.1) is 0 Å². The fourth-order valence-electron chi connectivity index (χ4n) is 7.43. The zero-order chi connectivity index (χ0) is 43.5. The van der Waals surface area contributed by atoms with E-state index in [0.717, 1.165) is 38.5 Å². The summed E-state index contributed by atoms with van der Waals surface area (Å²) in [5.74, 6) is -1.98. The molecule has 9 heteroatoms. The first-order chi connectivity index (χ1) is 28.6. The number of rotatable bonds is 47. The Bertz CT molecular complexity index is 938. The van der Waals surface area contributed by atoms with Gasteiger partial charge in [-0.3, -0.25) is 9.59 Å². The topological polar surface area (TPSA) is 108 Å². The number of carboxylic acids is 1. The van der Waals surface area contributed by atoms with E-state index in [-0.39, 0.29) is 38.2 Å². The smallest absolute Gasteiger partial charge is 0.361 e. The Kier molecular flexibility index (Phi) is 41.7. The molecule has 350 valence electrons. The summed E-state index contributed by atoms with van der Waals surface area (Å²) in [7, 11) is 5.97. The van der Waals surface area contributed by atoms with Crippen LogP contribution in [0.4, 0.5) is 0 Å². The molecule has 0 heterocycles. The molecule has 0 aromatic carbocycles. The number of likely N-dealkylation sites (N-methyl/N-ethyl adjacent to an activating group) is 1. The Balaban J connectivity index is 4.31. The van der Waals surface area contributed by atoms with Crippen molar-refractivity contribution < 1.29 is 42.9 Å². The number of hydrogen-bond acceptors (Lipinski definition) is 7. The van der Waals surface area contributed by atoms with Crippen LogP contribution in [0.2, 0.25) is 0 Å². The normalized spacial score (nSPS) is 12.8. The quantitative estimate of drug-likeness (QED) is 0.0279. The molecule has 0 aliphatic rings. The lowest BCUT2D eigenvalue weighted by atomic mass is 10.0. The molecule has 0 saturated heterocycles. The van der Waals surface area contributed by atoms with Gasteiger partial charge in [-0.15, -0.1) is 0 Å². The van der Waals surface area contributed by atoms with Crippen LogP contribution in [0.1, 0.15) is 245 Å². The number of carbonyl (C=O) groups is 3. The van der Waals surface area contributed by atoms with E-state index in [9.17, 15) is 19.5 Å². The molecule has 0 fully saturated rings. The Labute approximate surface area is 364 Å². The van der Waals surface area contributed by atoms with Gasteiger partial charge >= 0.3 is 17.9 Å². The van der Waals surface area contributed by atoms with Crippen LogP contribution in [-0.2, 0) is 33.3 Å². The Morgan fingerprint density at radius 1 is 0.441 bits per heavy atom. The highest BCUT2D eigenvalue weighted by Crippen LogP contribution is 2.17. The monoisotopic (exact) mass is 841 g/mol. The summed E-state index contributed by atoms with van der Waals surface area (Å²) < 4.78 is 22.8. The average molecular weight is 841 g/mol. The van der Waals surface area contributed by atoms with Gasteiger partial charge in [-0.1, -0.05) is 219 Å². The Morgan fingerprint density at radius 3 is 1.08 bits per heavy atom. The van der Waals surface area contributed by atoms with E-state index in [1.807, 2.05) is 21.1 Å². The van der Waals surface area contributed by atoms with Crippen molar-refractivity contribution in [3.8, 4) is 0 Å². The van der Waals surface area contributed by atoms with E-state index in [1.165, 1.54) is 180 Å². The summed E-state index contributed by atoms with van der Waals surface area (Å²) in [5, 5.41) is 9.66. The molecule has 0 radical (unpaired) electrons. The largest absolute Gasteiger partial charge is 0.477 e. The van der Waals surface area contributed by atoms with Crippen molar-refractivity contribution in [2.24, 2.45) is 0 Å². The lowest BCUT2D eigenvalue weighted by Gasteiger charge is -2.25. The second-order valence-corrected chi connectivity index (χ2v) is 18.5. The molecule has 0 saturated carbocycles. The number of carbonyl (C=O) groups excluding carboxylic acids is 2. The molecule has 0 aliphatic carbocycles. The number of ether oxygens (including phenoxy) is 4. The van der Waals surface area contributed by atoms with Crippen LogP contribution in [0.5, 0.6) is 0 Å². The first kappa shape index (κ1) is 57.3. The third kappa shape index (κ3) is 44.2. The van der Waals surface area contributed by atoms with E-state index >= 15 is 0 Å². The molecule has 2 atom stereocenters. The second-order valence-electron chi connectivity index (χ2n) is 18.5. The van der Waals surface area contributed by atoms with E-state index in [1.54, 1.807) is 0 Å². The number of quaternary nitrogens is 1. The summed E-state index contributed by atoms with van der Waals surface area (Å²) in [6, 6.07) is 0. The summed E-state index contributed by atoms with van der Waals surface area (Å²) in [6.45, 7) is 4.92. The van der Waals surface area contributed by atoms with Crippen LogP contribution < -0.4 is 0 Å². The maximum absolute atomic E-state index is 12.8. The van der Waals surface area contributed by atoms with Gasteiger partial charge in [0.2, 0.25) is 0 Å². The minimum absolute atomic E-state index is 0.173. The molecule has 0 aromatic heterocycles. The third-order valence-electron chi connectivity index (χ3n) is 11.4. The summed E-state index contributed by atoms with van der Waals surface area (Å²) in [6.07, 6.45) is 41.6. The van der Waals surface area contributed by atoms with Crippen molar-refractivity contribution in [2.75, 3.05) is 47.5 Å². The maximum Gasteiger partial charge on any atom is 0.361 e. The molecule has 0 bridgehead atoms. The highest BCUT2D eigenvalue weighted by Gasteiger charge is 2.25. The Hall–Kier alpha value is -1.71. The van der Waals surface area contributed by atoms with Crippen molar-refractivity contribution in [3.05, 3.63) is 0 Å². The molecule has 0 aliphatic heterocycles. The molecule has 2 unspecified atom stereocenters. The average Bonchev–Trinajstić information content (AvgIpc) is 3.19. The molecular weight excluding hydrogens is 743 g/mol.